The number of hydrogen-bond acceptors (Lipinski definition) is 7. The Labute approximate surface area is 151 Å². The number of rotatable bonds is 6. The van der Waals surface area contributed by atoms with E-state index in [2.05, 4.69) is 30.6 Å². The summed E-state index contributed by atoms with van der Waals surface area (Å²) in [5.41, 5.74) is 1.82. The number of anilines is 3. The number of hydrogen-bond donors (Lipinski definition) is 2. The zero-order chi connectivity index (χ0) is 17.8. The largest absolute Gasteiger partial charge is 0.381 e. The van der Waals surface area contributed by atoms with Crippen LogP contribution in [0.3, 0.4) is 0 Å². The molecule has 2 aromatic heterocycles. The fraction of sp³-hybridized carbons (Fsp3) is 0.263. The van der Waals surface area contributed by atoms with E-state index in [1.54, 1.807) is 19.5 Å². The van der Waals surface area contributed by atoms with Crippen LogP contribution >= 0.6 is 0 Å². The molecule has 1 aliphatic carbocycles. The molecule has 2 heterocycles. The van der Waals surface area contributed by atoms with Crippen molar-refractivity contribution in [1.29, 1.82) is 0 Å². The summed E-state index contributed by atoms with van der Waals surface area (Å²) in [5, 5.41) is 6.60. The van der Waals surface area contributed by atoms with Gasteiger partial charge in [0.15, 0.2) is 5.82 Å². The fourth-order valence-electron chi connectivity index (χ4n) is 2.84. The predicted octanol–water partition coefficient (Wildman–Crippen LogP) is 3.27. The van der Waals surface area contributed by atoms with E-state index in [0.717, 1.165) is 24.1 Å². The molecule has 1 saturated carbocycles. The minimum atomic E-state index is 0.317. The summed E-state index contributed by atoms with van der Waals surface area (Å²) in [7, 11) is 1.74. The molecular weight excluding hydrogens is 328 g/mol. The Morgan fingerprint density at radius 3 is 2.38 bits per heavy atom. The topological polar surface area (TPSA) is 84.9 Å². The van der Waals surface area contributed by atoms with Crippen molar-refractivity contribution < 1.29 is 4.74 Å². The van der Waals surface area contributed by atoms with Crippen molar-refractivity contribution in [1.82, 2.24) is 19.9 Å². The van der Waals surface area contributed by atoms with E-state index in [-0.39, 0.29) is 0 Å². The molecule has 4 rings (SSSR count). The molecule has 0 radical (unpaired) electrons. The summed E-state index contributed by atoms with van der Waals surface area (Å²) < 4.78 is 5.34. The summed E-state index contributed by atoms with van der Waals surface area (Å²) in [6, 6.07) is 13.9. The normalized spacial score (nSPS) is 18.8. The summed E-state index contributed by atoms with van der Waals surface area (Å²) in [5.74, 6) is 1.69. The lowest BCUT2D eigenvalue weighted by atomic mass is 9.89. The van der Waals surface area contributed by atoms with E-state index in [1.807, 2.05) is 42.5 Å². The van der Waals surface area contributed by atoms with Gasteiger partial charge in [-0.15, -0.1) is 0 Å². The third-order valence-electron chi connectivity index (χ3n) is 4.37. The highest BCUT2D eigenvalue weighted by Gasteiger charge is 2.29. The Hall–Kier alpha value is -3.06. The van der Waals surface area contributed by atoms with Crippen LogP contribution in [0.4, 0.5) is 17.6 Å². The number of pyridine rings is 1. The van der Waals surface area contributed by atoms with Crippen LogP contribution in [0.1, 0.15) is 12.8 Å². The maximum absolute atomic E-state index is 5.34. The van der Waals surface area contributed by atoms with Gasteiger partial charge in [-0.05, 0) is 25.0 Å². The lowest BCUT2D eigenvalue weighted by molar-refractivity contribution is 0.0327. The van der Waals surface area contributed by atoms with Gasteiger partial charge in [0.1, 0.15) is 0 Å². The highest BCUT2D eigenvalue weighted by atomic mass is 16.5. The quantitative estimate of drug-likeness (QED) is 0.707. The minimum Gasteiger partial charge on any atom is -0.381 e. The van der Waals surface area contributed by atoms with E-state index >= 15 is 0 Å². The van der Waals surface area contributed by atoms with Crippen LogP contribution in [0.15, 0.2) is 54.9 Å². The second-order valence-corrected chi connectivity index (χ2v) is 6.20. The van der Waals surface area contributed by atoms with E-state index in [1.165, 1.54) is 0 Å². The lowest BCUT2D eigenvalue weighted by Gasteiger charge is -2.34. The number of nitrogens with one attached hydrogen (secondary N) is 2. The number of ether oxygens (including phenoxy) is 1. The molecule has 1 fully saturated rings. The molecule has 1 aliphatic rings. The van der Waals surface area contributed by atoms with E-state index < -0.39 is 0 Å². The fourth-order valence-corrected chi connectivity index (χ4v) is 2.84. The van der Waals surface area contributed by atoms with E-state index in [9.17, 15) is 0 Å². The van der Waals surface area contributed by atoms with Gasteiger partial charge >= 0.3 is 0 Å². The highest BCUT2D eigenvalue weighted by molar-refractivity contribution is 5.60. The average Bonchev–Trinajstić information content (AvgIpc) is 2.66. The second-order valence-electron chi connectivity index (χ2n) is 6.20. The van der Waals surface area contributed by atoms with E-state index in [0.29, 0.717) is 29.9 Å². The van der Waals surface area contributed by atoms with Gasteiger partial charge in [-0.1, -0.05) is 30.3 Å². The van der Waals surface area contributed by atoms with E-state index in [4.69, 9.17) is 4.74 Å². The third kappa shape index (κ3) is 3.78. The summed E-state index contributed by atoms with van der Waals surface area (Å²) in [4.78, 5) is 17.7. The van der Waals surface area contributed by atoms with Crippen LogP contribution in [0, 0.1) is 0 Å². The molecule has 0 spiro atoms. The van der Waals surface area contributed by atoms with Crippen LogP contribution in [0.5, 0.6) is 0 Å². The molecule has 7 nitrogen and oxygen atoms in total. The van der Waals surface area contributed by atoms with Gasteiger partial charge < -0.3 is 15.4 Å². The molecule has 0 aliphatic heterocycles. The SMILES string of the molecule is COC1CC(Nc2nc(Nc3ccncc3)nc(-c3ccccc3)n2)C1. The van der Waals surface area contributed by atoms with Crippen molar-refractivity contribution in [3.05, 3.63) is 54.9 Å². The molecule has 0 saturated heterocycles. The minimum absolute atomic E-state index is 0.317. The molecular formula is C19H20N6O. The Kier molecular flexibility index (Phi) is 4.70. The molecule has 0 bridgehead atoms. The Balaban J connectivity index is 1.61. The van der Waals surface area contributed by atoms with Gasteiger partial charge in [0.2, 0.25) is 11.9 Å². The molecule has 3 aromatic rings. The monoisotopic (exact) mass is 348 g/mol. The molecule has 0 amide bonds. The van der Waals surface area contributed by atoms with Gasteiger partial charge in [0.05, 0.1) is 6.10 Å². The van der Waals surface area contributed by atoms with Crippen molar-refractivity contribution in [2.75, 3.05) is 17.7 Å². The van der Waals surface area contributed by atoms with Gasteiger partial charge in [-0.3, -0.25) is 4.98 Å². The Morgan fingerprint density at radius 1 is 0.923 bits per heavy atom. The van der Waals surface area contributed by atoms with Crippen LogP contribution in [0.25, 0.3) is 11.4 Å². The first-order chi connectivity index (χ1) is 12.8. The van der Waals surface area contributed by atoms with Crippen molar-refractivity contribution in [2.45, 2.75) is 25.0 Å². The van der Waals surface area contributed by atoms with Crippen LogP contribution in [0.2, 0.25) is 0 Å². The van der Waals surface area contributed by atoms with Crippen molar-refractivity contribution in [2.24, 2.45) is 0 Å². The maximum Gasteiger partial charge on any atom is 0.232 e. The van der Waals surface area contributed by atoms with Crippen LogP contribution < -0.4 is 10.6 Å². The summed E-state index contributed by atoms with van der Waals surface area (Å²) >= 11 is 0. The molecule has 1 aromatic carbocycles. The van der Waals surface area contributed by atoms with Crippen LogP contribution in [-0.4, -0.2) is 39.2 Å². The predicted molar refractivity (Wildman–Crippen MR) is 100 cm³/mol. The first-order valence-corrected chi connectivity index (χ1v) is 8.58. The Morgan fingerprint density at radius 2 is 1.65 bits per heavy atom. The molecule has 2 N–H and O–H groups in total. The number of aromatic nitrogens is 4. The van der Waals surface area contributed by atoms with Gasteiger partial charge in [-0.2, -0.15) is 15.0 Å². The molecule has 0 unspecified atom stereocenters. The molecule has 7 heteroatoms. The number of methoxy groups -OCH3 is 1. The van der Waals surface area contributed by atoms with Crippen LogP contribution in [-0.2, 0) is 4.74 Å². The van der Waals surface area contributed by atoms with Crippen molar-refractivity contribution in [3.8, 4) is 11.4 Å². The standard InChI is InChI=1S/C19H20N6O/c1-26-16-11-15(12-16)22-19-24-17(13-5-3-2-4-6-13)23-18(25-19)21-14-7-9-20-10-8-14/h2-10,15-16H,11-12H2,1H3,(H2,20,21,22,23,24,25). The maximum atomic E-state index is 5.34. The first-order valence-electron chi connectivity index (χ1n) is 8.58. The van der Waals surface area contributed by atoms with Gasteiger partial charge in [0.25, 0.3) is 0 Å². The molecule has 132 valence electrons. The lowest BCUT2D eigenvalue weighted by Crippen LogP contribution is -2.40. The van der Waals surface area contributed by atoms with Gasteiger partial charge in [0, 0.05) is 36.8 Å². The molecule has 0 atom stereocenters. The van der Waals surface area contributed by atoms with Crippen molar-refractivity contribution >= 4 is 17.6 Å². The van der Waals surface area contributed by atoms with Gasteiger partial charge in [-0.25, -0.2) is 0 Å². The second kappa shape index (κ2) is 7.45. The molecule has 26 heavy (non-hydrogen) atoms. The highest BCUT2D eigenvalue weighted by Crippen LogP contribution is 2.26. The van der Waals surface area contributed by atoms with Crippen molar-refractivity contribution in [3.63, 3.8) is 0 Å². The number of nitrogens with zero attached hydrogens (tertiary/aromatic N) is 4. The zero-order valence-corrected chi connectivity index (χ0v) is 14.5. The smallest absolute Gasteiger partial charge is 0.232 e. The summed E-state index contributed by atoms with van der Waals surface area (Å²) in [6.07, 6.45) is 5.67. The summed E-state index contributed by atoms with van der Waals surface area (Å²) in [6.45, 7) is 0. The zero-order valence-electron chi connectivity index (χ0n) is 14.5. The first kappa shape index (κ1) is 16.4. The average molecular weight is 348 g/mol. The third-order valence-corrected chi connectivity index (χ3v) is 4.37. The Bertz CT molecular complexity index is 852. The number of benzene rings is 1.